The van der Waals surface area contributed by atoms with Crippen molar-refractivity contribution >= 4 is 11.0 Å². The fourth-order valence-electron chi connectivity index (χ4n) is 1.77. The van der Waals surface area contributed by atoms with Gasteiger partial charge in [0, 0.05) is 0 Å². The van der Waals surface area contributed by atoms with Crippen LogP contribution >= 0.6 is 0 Å². The van der Waals surface area contributed by atoms with E-state index in [1.807, 2.05) is 24.3 Å². The van der Waals surface area contributed by atoms with E-state index in [2.05, 4.69) is 23.8 Å². The summed E-state index contributed by atoms with van der Waals surface area (Å²) in [6, 6.07) is 8.02. The van der Waals surface area contributed by atoms with Gasteiger partial charge in [0.05, 0.1) is 17.1 Å². The monoisotopic (exact) mass is 203 g/mol. The lowest BCUT2D eigenvalue weighted by molar-refractivity contribution is 0.496. The van der Waals surface area contributed by atoms with Crippen molar-refractivity contribution in [3.05, 3.63) is 30.1 Å². The molecule has 3 nitrogen and oxygen atoms in total. The Hall–Kier alpha value is -1.35. The molecule has 0 unspecified atom stereocenters. The van der Waals surface area contributed by atoms with Gasteiger partial charge in [-0.05, 0) is 24.5 Å². The number of aromatic amines is 1. The third kappa shape index (κ3) is 2.18. The molecule has 1 aromatic heterocycles. The molecule has 0 aliphatic heterocycles. The summed E-state index contributed by atoms with van der Waals surface area (Å²) in [4.78, 5) is 7.75. The lowest BCUT2D eigenvalue weighted by atomic mass is 10.0. The Labute approximate surface area is 89.7 Å². The zero-order chi connectivity index (χ0) is 10.8. The number of rotatable bonds is 3. The van der Waals surface area contributed by atoms with Crippen molar-refractivity contribution in [3.8, 4) is 0 Å². The van der Waals surface area contributed by atoms with Gasteiger partial charge >= 0.3 is 0 Å². The standard InChI is InChI=1S/C12H17N3/c1-8(2)7-9(13)12-14-10-5-3-4-6-11(10)15-12/h3-6,8-9H,7,13H2,1-2H3,(H,14,15)/t9-/m1/s1. The Morgan fingerprint density at radius 3 is 2.73 bits per heavy atom. The van der Waals surface area contributed by atoms with E-state index in [0.717, 1.165) is 23.3 Å². The Kier molecular flexibility index (Phi) is 2.73. The third-order valence-corrected chi connectivity index (χ3v) is 2.48. The van der Waals surface area contributed by atoms with Crippen LogP contribution in [0.2, 0.25) is 0 Å². The highest BCUT2D eigenvalue weighted by Crippen LogP contribution is 2.19. The predicted octanol–water partition coefficient (Wildman–Crippen LogP) is 2.61. The van der Waals surface area contributed by atoms with E-state index in [0.29, 0.717) is 5.92 Å². The van der Waals surface area contributed by atoms with Crippen LogP contribution in [0.5, 0.6) is 0 Å². The van der Waals surface area contributed by atoms with E-state index >= 15 is 0 Å². The largest absolute Gasteiger partial charge is 0.341 e. The van der Waals surface area contributed by atoms with Gasteiger partial charge < -0.3 is 10.7 Å². The highest BCUT2D eigenvalue weighted by atomic mass is 15.0. The number of benzene rings is 1. The number of nitrogens with two attached hydrogens (primary N) is 1. The second kappa shape index (κ2) is 4.03. The second-order valence-electron chi connectivity index (χ2n) is 4.38. The molecule has 0 spiro atoms. The lowest BCUT2D eigenvalue weighted by Gasteiger charge is -2.10. The van der Waals surface area contributed by atoms with Crippen molar-refractivity contribution in [1.29, 1.82) is 0 Å². The molecule has 2 rings (SSSR count). The number of imidazole rings is 1. The van der Waals surface area contributed by atoms with E-state index in [-0.39, 0.29) is 6.04 Å². The smallest absolute Gasteiger partial charge is 0.124 e. The van der Waals surface area contributed by atoms with Crippen LogP contribution in [0.15, 0.2) is 24.3 Å². The average molecular weight is 203 g/mol. The summed E-state index contributed by atoms with van der Waals surface area (Å²) >= 11 is 0. The molecule has 2 aromatic rings. The average Bonchev–Trinajstić information content (AvgIpc) is 2.59. The quantitative estimate of drug-likeness (QED) is 0.805. The maximum Gasteiger partial charge on any atom is 0.124 e. The topological polar surface area (TPSA) is 54.7 Å². The molecule has 1 heterocycles. The molecule has 15 heavy (non-hydrogen) atoms. The Morgan fingerprint density at radius 2 is 2.07 bits per heavy atom. The molecule has 0 aliphatic carbocycles. The van der Waals surface area contributed by atoms with Gasteiger partial charge in [-0.15, -0.1) is 0 Å². The molecule has 3 heteroatoms. The summed E-state index contributed by atoms with van der Waals surface area (Å²) in [5, 5.41) is 0. The number of aromatic nitrogens is 2. The van der Waals surface area contributed by atoms with Crippen molar-refractivity contribution in [1.82, 2.24) is 9.97 Å². The van der Waals surface area contributed by atoms with Crippen molar-refractivity contribution in [2.24, 2.45) is 11.7 Å². The Bertz CT molecular complexity index is 412. The van der Waals surface area contributed by atoms with Crippen molar-refractivity contribution < 1.29 is 0 Å². The first-order valence-electron chi connectivity index (χ1n) is 5.37. The van der Waals surface area contributed by atoms with Crippen LogP contribution in [0.4, 0.5) is 0 Å². The van der Waals surface area contributed by atoms with Crippen LogP contribution in [0.3, 0.4) is 0 Å². The fourth-order valence-corrected chi connectivity index (χ4v) is 1.77. The van der Waals surface area contributed by atoms with Crippen molar-refractivity contribution in [3.63, 3.8) is 0 Å². The highest BCUT2D eigenvalue weighted by Gasteiger charge is 2.12. The van der Waals surface area contributed by atoms with Crippen molar-refractivity contribution in [2.45, 2.75) is 26.3 Å². The Morgan fingerprint density at radius 1 is 1.33 bits per heavy atom. The van der Waals surface area contributed by atoms with Crippen LogP contribution in [0.25, 0.3) is 11.0 Å². The number of hydrogen-bond acceptors (Lipinski definition) is 2. The van der Waals surface area contributed by atoms with Gasteiger partial charge in [-0.2, -0.15) is 0 Å². The SMILES string of the molecule is CC(C)C[C@@H](N)c1nc2ccccc2[nH]1. The number of nitrogens with one attached hydrogen (secondary N) is 1. The first-order chi connectivity index (χ1) is 7.16. The number of H-pyrrole nitrogens is 1. The van der Waals surface area contributed by atoms with E-state index in [4.69, 9.17) is 5.73 Å². The van der Waals surface area contributed by atoms with Crippen LogP contribution in [-0.2, 0) is 0 Å². The molecule has 80 valence electrons. The van der Waals surface area contributed by atoms with Gasteiger partial charge in [0.25, 0.3) is 0 Å². The summed E-state index contributed by atoms with van der Waals surface area (Å²) < 4.78 is 0. The summed E-state index contributed by atoms with van der Waals surface area (Å²) in [6.45, 7) is 4.34. The molecule has 1 aromatic carbocycles. The second-order valence-corrected chi connectivity index (χ2v) is 4.38. The number of nitrogens with zero attached hydrogens (tertiary/aromatic N) is 1. The van der Waals surface area contributed by atoms with Gasteiger partial charge in [-0.25, -0.2) is 4.98 Å². The van der Waals surface area contributed by atoms with Gasteiger partial charge in [0.15, 0.2) is 0 Å². The lowest BCUT2D eigenvalue weighted by Crippen LogP contribution is -2.14. The van der Waals surface area contributed by atoms with E-state index in [1.165, 1.54) is 0 Å². The molecule has 0 bridgehead atoms. The minimum absolute atomic E-state index is 0.0115. The van der Waals surface area contributed by atoms with E-state index < -0.39 is 0 Å². The van der Waals surface area contributed by atoms with Crippen LogP contribution < -0.4 is 5.73 Å². The van der Waals surface area contributed by atoms with Gasteiger partial charge in [0.1, 0.15) is 5.82 Å². The Balaban J connectivity index is 2.28. The van der Waals surface area contributed by atoms with Gasteiger partial charge in [-0.1, -0.05) is 26.0 Å². The molecule has 0 amide bonds. The molecular weight excluding hydrogens is 186 g/mol. The minimum atomic E-state index is 0.0115. The van der Waals surface area contributed by atoms with Crippen LogP contribution in [-0.4, -0.2) is 9.97 Å². The predicted molar refractivity (Wildman–Crippen MR) is 62.5 cm³/mol. The first-order valence-corrected chi connectivity index (χ1v) is 5.37. The molecule has 0 saturated carbocycles. The normalized spacial score (nSPS) is 13.6. The molecule has 0 aliphatic rings. The number of fused-ring (bicyclic) bond motifs is 1. The molecule has 0 fully saturated rings. The van der Waals surface area contributed by atoms with E-state index in [1.54, 1.807) is 0 Å². The molecule has 1 atom stereocenters. The molecule has 3 N–H and O–H groups in total. The van der Waals surface area contributed by atoms with Crippen LogP contribution in [0, 0.1) is 5.92 Å². The molecule has 0 radical (unpaired) electrons. The number of para-hydroxylation sites is 2. The van der Waals surface area contributed by atoms with Crippen LogP contribution in [0.1, 0.15) is 32.1 Å². The maximum atomic E-state index is 6.07. The summed E-state index contributed by atoms with van der Waals surface area (Å²) in [6.07, 6.45) is 0.958. The summed E-state index contributed by atoms with van der Waals surface area (Å²) in [5.41, 5.74) is 8.12. The van der Waals surface area contributed by atoms with Gasteiger partial charge in [0.2, 0.25) is 0 Å². The minimum Gasteiger partial charge on any atom is -0.341 e. The zero-order valence-electron chi connectivity index (χ0n) is 9.20. The molecule has 0 saturated heterocycles. The van der Waals surface area contributed by atoms with Crippen molar-refractivity contribution in [2.75, 3.05) is 0 Å². The highest BCUT2D eigenvalue weighted by molar-refractivity contribution is 5.74. The summed E-state index contributed by atoms with van der Waals surface area (Å²) in [7, 11) is 0. The molecular formula is C12H17N3. The summed E-state index contributed by atoms with van der Waals surface area (Å²) in [5.74, 6) is 1.48. The fraction of sp³-hybridized carbons (Fsp3) is 0.417. The third-order valence-electron chi connectivity index (χ3n) is 2.48. The van der Waals surface area contributed by atoms with E-state index in [9.17, 15) is 0 Å². The first kappa shape index (κ1) is 10.2. The van der Waals surface area contributed by atoms with Gasteiger partial charge in [-0.3, -0.25) is 0 Å². The maximum absolute atomic E-state index is 6.07. The number of hydrogen-bond donors (Lipinski definition) is 2. The zero-order valence-corrected chi connectivity index (χ0v) is 9.20.